The van der Waals surface area contributed by atoms with Crippen molar-refractivity contribution in [2.75, 3.05) is 17.2 Å². The van der Waals surface area contributed by atoms with Gasteiger partial charge in [0.15, 0.2) is 0 Å². The van der Waals surface area contributed by atoms with Crippen molar-refractivity contribution >= 4 is 29.1 Å². The first kappa shape index (κ1) is 15.9. The Kier molecular flexibility index (Phi) is 4.72. The smallest absolute Gasteiger partial charge is 0.248 e. The van der Waals surface area contributed by atoms with Gasteiger partial charge in [0.05, 0.1) is 12.2 Å². The van der Waals surface area contributed by atoms with Crippen molar-refractivity contribution in [1.29, 1.82) is 0 Å². The van der Waals surface area contributed by atoms with E-state index in [1.54, 1.807) is 18.2 Å². The number of amides is 1. The molecule has 0 aliphatic carbocycles. The van der Waals surface area contributed by atoms with Gasteiger partial charge in [-0.1, -0.05) is 41.0 Å². The van der Waals surface area contributed by atoms with Gasteiger partial charge in [0.25, 0.3) is 0 Å². The Labute approximate surface area is 143 Å². The first-order valence-electron chi connectivity index (χ1n) is 7.28. The summed E-state index contributed by atoms with van der Waals surface area (Å²) in [5.74, 6) is 0.169. The molecule has 1 amide bonds. The van der Waals surface area contributed by atoms with Crippen LogP contribution in [0, 0.1) is 6.92 Å². The molecule has 3 rings (SSSR count). The fourth-order valence-corrected chi connectivity index (χ4v) is 2.31. The van der Waals surface area contributed by atoms with Gasteiger partial charge >= 0.3 is 0 Å². The predicted octanol–water partition coefficient (Wildman–Crippen LogP) is 2.67. The molecular weight excluding hydrogens is 328 g/mol. The zero-order chi connectivity index (χ0) is 16.9. The van der Waals surface area contributed by atoms with Gasteiger partial charge in [-0.25, -0.2) is 0 Å². The van der Waals surface area contributed by atoms with Crippen LogP contribution in [0.3, 0.4) is 0 Å². The first-order chi connectivity index (χ1) is 11.6. The molecule has 0 atom stereocenters. The fourth-order valence-electron chi connectivity index (χ4n) is 2.14. The van der Waals surface area contributed by atoms with Gasteiger partial charge in [0.2, 0.25) is 11.9 Å². The van der Waals surface area contributed by atoms with Crippen LogP contribution in [-0.2, 0) is 4.79 Å². The number of carbonyl (C=O) groups is 1. The minimum absolute atomic E-state index is 0.0269. The number of para-hydroxylation sites is 1. The highest BCUT2D eigenvalue weighted by Gasteiger charge is 2.11. The molecule has 0 radical (unpaired) electrons. The summed E-state index contributed by atoms with van der Waals surface area (Å²) in [7, 11) is 0. The number of nitrogens with zero attached hydrogens (tertiary/aromatic N) is 4. The minimum atomic E-state index is -0.219. The van der Waals surface area contributed by atoms with E-state index in [1.165, 1.54) is 4.68 Å². The maximum Gasteiger partial charge on any atom is 0.248 e. The number of halogens is 1. The summed E-state index contributed by atoms with van der Waals surface area (Å²) in [5, 5.41) is 17.8. The van der Waals surface area contributed by atoms with Gasteiger partial charge in [0.1, 0.15) is 0 Å². The maximum absolute atomic E-state index is 12.1. The topological polar surface area (TPSA) is 84.7 Å². The summed E-state index contributed by atoms with van der Waals surface area (Å²) in [5.41, 5.74) is 2.30. The Morgan fingerprint density at radius 2 is 1.96 bits per heavy atom. The van der Waals surface area contributed by atoms with E-state index in [0.717, 1.165) is 11.3 Å². The third-order valence-electron chi connectivity index (χ3n) is 3.42. The van der Waals surface area contributed by atoms with E-state index in [9.17, 15) is 4.79 Å². The highest BCUT2D eigenvalue weighted by Crippen LogP contribution is 2.22. The quantitative estimate of drug-likeness (QED) is 0.744. The van der Waals surface area contributed by atoms with Crippen LogP contribution in [0.5, 0.6) is 0 Å². The lowest BCUT2D eigenvalue weighted by molar-refractivity contribution is -0.114. The van der Waals surface area contributed by atoms with E-state index in [2.05, 4.69) is 26.2 Å². The zero-order valence-electron chi connectivity index (χ0n) is 12.9. The molecule has 0 spiro atoms. The molecule has 0 saturated carbocycles. The van der Waals surface area contributed by atoms with Crippen molar-refractivity contribution in [3.8, 4) is 5.69 Å². The molecule has 8 heteroatoms. The molecule has 2 aromatic carbocycles. The van der Waals surface area contributed by atoms with E-state index in [4.69, 9.17) is 11.6 Å². The monoisotopic (exact) mass is 342 g/mol. The second-order valence-electron chi connectivity index (χ2n) is 5.06. The lowest BCUT2D eigenvalue weighted by atomic mass is 10.2. The van der Waals surface area contributed by atoms with Crippen LogP contribution in [0.15, 0.2) is 48.5 Å². The zero-order valence-corrected chi connectivity index (χ0v) is 13.7. The van der Waals surface area contributed by atoms with Gasteiger partial charge < -0.3 is 10.6 Å². The highest BCUT2D eigenvalue weighted by molar-refractivity contribution is 6.31. The molecule has 24 heavy (non-hydrogen) atoms. The Morgan fingerprint density at radius 3 is 2.75 bits per heavy atom. The SMILES string of the molecule is Cc1c(Cl)cccc1NC(=O)CNc1nnnn1-c1ccccc1. The maximum atomic E-state index is 12.1. The van der Waals surface area contributed by atoms with E-state index >= 15 is 0 Å². The molecule has 0 bridgehead atoms. The van der Waals surface area contributed by atoms with E-state index < -0.39 is 0 Å². The molecule has 122 valence electrons. The third kappa shape index (κ3) is 3.52. The van der Waals surface area contributed by atoms with E-state index in [-0.39, 0.29) is 12.5 Å². The van der Waals surface area contributed by atoms with E-state index in [0.29, 0.717) is 16.7 Å². The van der Waals surface area contributed by atoms with Crippen LogP contribution in [0.4, 0.5) is 11.6 Å². The number of tetrazole rings is 1. The Balaban J connectivity index is 1.65. The van der Waals surface area contributed by atoms with Crippen molar-refractivity contribution in [2.45, 2.75) is 6.92 Å². The molecule has 3 aromatic rings. The molecule has 1 aromatic heterocycles. The van der Waals surface area contributed by atoms with Crippen molar-refractivity contribution in [2.24, 2.45) is 0 Å². The lowest BCUT2D eigenvalue weighted by Gasteiger charge is -2.10. The van der Waals surface area contributed by atoms with Crippen LogP contribution in [0.2, 0.25) is 5.02 Å². The summed E-state index contributed by atoms with van der Waals surface area (Å²) in [6, 6.07) is 14.8. The number of aromatic nitrogens is 4. The molecule has 1 heterocycles. The standard InChI is InChI=1S/C16H15ClN6O/c1-11-13(17)8-5-9-14(11)19-15(24)10-18-16-20-21-22-23(16)12-6-3-2-4-7-12/h2-9H,10H2,1H3,(H,19,24)(H,18,20,22). The van der Waals surface area contributed by atoms with Crippen LogP contribution in [-0.4, -0.2) is 32.7 Å². The Morgan fingerprint density at radius 1 is 1.17 bits per heavy atom. The number of nitrogens with one attached hydrogen (secondary N) is 2. The summed E-state index contributed by atoms with van der Waals surface area (Å²) < 4.78 is 1.53. The molecule has 0 aliphatic rings. The van der Waals surface area contributed by atoms with Crippen LogP contribution in [0.25, 0.3) is 5.69 Å². The molecule has 0 unspecified atom stereocenters. The summed E-state index contributed by atoms with van der Waals surface area (Å²) in [6.07, 6.45) is 0. The third-order valence-corrected chi connectivity index (χ3v) is 3.83. The van der Waals surface area contributed by atoms with Crippen LogP contribution >= 0.6 is 11.6 Å². The molecule has 2 N–H and O–H groups in total. The van der Waals surface area contributed by atoms with Crippen molar-refractivity contribution < 1.29 is 4.79 Å². The number of benzene rings is 2. The summed E-state index contributed by atoms with van der Waals surface area (Å²) in [4.78, 5) is 12.1. The summed E-state index contributed by atoms with van der Waals surface area (Å²) >= 11 is 6.05. The Hall–Kier alpha value is -2.93. The van der Waals surface area contributed by atoms with Gasteiger partial charge in [-0.05, 0) is 47.2 Å². The number of hydrogen-bond donors (Lipinski definition) is 2. The Bertz CT molecular complexity index is 849. The number of hydrogen-bond acceptors (Lipinski definition) is 5. The largest absolute Gasteiger partial charge is 0.344 e. The van der Waals surface area contributed by atoms with Gasteiger partial charge in [-0.2, -0.15) is 4.68 Å². The van der Waals surface area contributed by atoms with Crippen LogP contribution in [0.1, 0.15) is 5.56 Å². The fraction of sp³-hybridized carbons (Fsp3) is 0.125. The highest BCUT2D eigenvalue weighted by atomic mass is 35.5. The molecule has 0 fully saturated rings. The van der Waals surface area contributed by atoms with E-state index in [1.807, 2.05) is 37.3 Å². The molecule has 7 nitrogen and oxygen atoms in total. The second-order valence-corrected chi connectivity index (χ2v) is 5.47. The number of anilines is 2. The van der Waals surface area contributed by atoms with Crippen molar-refractivity contribution in [3.63, 3.8) is 0 Å². The van der Waals surface area contributed by atoms with Gasteiger partial charge in [-0.15, -0.1) is 0 Å². The number of rotatable bonds is 5. The first-order valence-corrected chi connectivity index (χ1v) is 7.65. The lowest BCUT2D eigenvalue weighted by Crippen LogP contribution is -2.23. The summed E-state index contributed by atoms with van der Waals surface area (Å²) in [6.45, 7) is 1.88. The van der Waals surface area contributed by atoms with Crippen molar-refractivity contribution in [1.82, 2.24) is 20.2 Å². The average Bonchev–Trinajstić information content (AvgIpc) is 3.06. The molecular formula is C16H15ClN6O. The second kappa shape index (κ2) is 7.10. The molecule has 0 aliphatic heterocycles. The minimum Gasteiger partial charge on any atom is -0.344 e. The van der Waals surface area contributed by atoms with Gasteiger partial charge in [0, 0.05) is 10.7 Å². The van der Waals surface area contributed by atoms with Crippen LogP contribution < -0.4 is 10.6 Å². The normalized spacial score (nSPS) is 10.4. The average molecular weight is 343 g/mol. The van der Waals surface area contributed by atoms with Crippen molar-refractivity contribution in [3.05, 3.63) is 59.1 Å². The molecule has 0 saturated heterocycles. The van der Waals surface area contributed by atoms with Gasteiger partial charge in [-0.3, -0.25) is 4.79 Å². The predicted molar refractivity (Wildman–Crippen MR) is 92.5 cm³/mol. The number of carbonyl (C=O) groups excluding carboxylic acids is 1.